The largest absolute Gasteiger partial charge is 0.444 e. The molecule has 4 heteroatoms. The molecule has 1 heterocycles. The Morgan fingerprint density at radius 3 is 2.76 bits per heavy atom. The Hall–Kier alpha value is -1.58. The SMILES string of the molecule is CC(Cc1cccnc1)NC(=O)OC(C)(C)C. The number of carbonyl (C=O) groups is 1. The molecule has 0 radical (unpaired) electrons. The maximum Gasteiger partial charge on any atom is 0.407 e. The molecule has 0 saturated heterocycles. The average Bonchev–Trinajstić information content (AvgIpc) is 2.15. The summed E-state index contributed by atoms with van der Waals surface area (Å²) in [7, 11) is 0. The van der Waals surface area contributed by atoms with Crippen molar-refractivity contribution in [2.24, 2.45) is 0 Å². The van der Waals surface area contributed by atoms with Gasteiger partial charge in [-0.15, -0.1) is 0 Å². The van der Waals surface area contributed by atoms with Crippen molar-refractivity contribution >= 4 is 6.09 Å². The first kappa shape index (κ1) is 13.5. The van der Waals surface area contributed by atoms with Crippen LogP contribution in [0.25, 0.3) is 0 Å². The van der Waals surface area contributed by atoms with E-state index in [-0.39, 0.29) is 12.1 Å². The first-order valence-corrected chi connectivity index (χ1v) is 5.75. The number of ether oxygens (including phenoxy) is 1. The molecule has 0 bridgehead atoms. The van der Waals surface area contributed by atoms with Crippen LogP contribution in [0.5, 0.6) is 0 Å². The molecule has 1 atom stereocenters. The van der Waals surface area contributed by atoms with Crippen LogP contribution in [0.4, 0.5) is 4.79 Å². The van der Waals surface area contributed by atoms with Crippen molar-refractivity contribution < 1.29 is 9.53 Å². The second-order valence-electron chi connectivity index (χ2n) is 5.11. The lowest BCUT2D eigenvalue weighted by atomic mass is 10.1. The number of rotatable bonds is 3. The van der Waals surface area contributed by atoms with Crippen molar-refractivity contribution in [3.8, 4) is 0 Å². The normalized spacial score (nSPS) is 12.9. The Morgan fingerprint density at radius 1 is 1.53 bits per heavy atom. The molecule has 0 aliphatic heterocycles. The monoisotopic (exact) mass is 236 g/mol. The zero-order valence-electron chi connectivity index (χ0n) is 10.9. The molecule has 1 N–H and O–H groups in total. The molecule has 0 aliphatic rings. The minimum absolute atomic E-state index is 0.0223. The van der Waals surface area contributed by atoms with Gasteiger partial charge in [-0.05, 0) is 45.7 Å². The number of hydrogen-bond acceptors (Lipinski definition) is 3. The Kier molecular flexibility index (Phi) is 4.49. The lowest BCUT2D eigenvalue weighted by Gasteiger charge is -2.21. The number of hydrogen-bond donors (Lipinski definition) is 1. The van der Waals surface area contributed by atoms with Crippen molar-refractivity contribution in [1.82, 2.24) is 10.3 Å². The number of carbonyl (C=O) groups excluding carboxylic acids is 1. The Morgan fingerprint density at radius 2 is 2.24 bits per heavy atom. The summed E-state index contributed by atoms with van der Waals surface area (Å²) in [6, 6.07) is 3.89. The summed E-state index contributed by atoms with van der Waals surface area (Å²) in [5.41, 5.74) is 0.633. The topological polar surface area (TPSA) is 51.2 Å². The van der Waals surface area contributed by atoms with E-state index in [0.29, 0.717) is 0 Å². The first-order chi connectivity index (χ1) is 7.87. The van der Waals surface area contributed by atoms with Gasteiger partial charge in [-0.2, -0.15) is 0 Å². The summed E-state index contributed by atoms with van der Waals surface area (Å²) in [4.78, 5) is 15.5. The Balaban J connectivity index is 2.40. The van der Waals surface area contributed by atoms with Gasteiger partial charge in [-0.25, -0.2) is 4.79 Å². The lowest BCUT2D eigenvalue weighted by Crippen LogP contribution is -2.38. The van der Waals surface area contributed by atoms with Gasteiger partial charge in [0.15, 0.2) is 0 Å². The third-order valence-electron chi connectivity index (χ3n) is 2.03. The van der Waals surface area contributed by atoms with E-state index in [0.717, 1.165) is 12.0 Å². The second kappa shape index (κ2) is 5.66. The Bertz CT molecular complexity index is 357. The van der Waals surface area contributed by atoms with Crippen LogP contribution in [0.1, 0.15) is 33.3 Å². The molecule has 17 heavy (non-hydrogen) atoms. The highest BCUT2D eigenvalue weighted by Gasteiger charge is 2.17. The van der Waals surface area contributed by atoms with E-state index in [2.05, 4.69) is 10.3 Å². The fourth-order valence-corrected chi connectivity index (χ4v) is 1.43. The molecule has 0 saturated carbocycles. The third kappa shape index (κ3) is 5.90. The van der Waals surface area contributed by atoms with Crippen molar-refractivity contribution in [1.29, 1.82) is 0 Å². The summed E-state index contributed by atoms with van der Waals surface area (Å²) in [6.07, 6.45) is 3.89. The highest BCUT2D eigenvalue weighted by atomic mass is 16.6. The van der Waals surface area contributed by atoms with Crippen LogP contribution in [-0.4, -0.2) is 22.7 Å². The van der Waals surface area contributed by atoms with Crippen molar-refractivity contribution in [2.75, 3.05) is 0 Å². The second-order valence-corrected chi connectivity index (χ2v) is 5.11. The predicted octanol–water partition coefficient (Wildman–Crippen LogP) is 2.54. The molecule has 1 amide bonds. The van der Waals surface area contributed by atoms with Crippen LogP contribution < -0.4 is 5.32 Å². The fraction of sp³-hybridized carbons (Fsp3) is 0.538. The smallest absolute Gasteiger partial charge is 0.407 e. The maximum absolute atomic E-state index is 11.5. The zero-order chi connectivity index (χ0) is 12.9. The van der Waals surface area contributed by atoms with Crippen LogP contribution in [0, 0.1) is 0 Å². The molecule has 0 aromatic carbocycles. The van der Waals surface area contributed by atoms with E-state index in [4.69, 9.17) is 4.74 Å². The minimum atomic E-state index is -0.460. The number of alkyl carbamates (subject to hydrolysis) is 1. The standard InChI is InChI=1S/C13H20N2O2/c1-10(8-11-6-5-7-14-9-11)15-12(16)17-13(2,3)4/h5-7,9-10H,8H2,1-4H3,(H,15,16). The van der Waals surface area contributed by atoms with E-state index >= 15 is 0 Å². The number of nitrogens with one attached hydrogen (secondary N) is 1. The van der Waals surface area contributed by atoms with Crippen LogP contribution in [0.3, 0.4) is 0 Å². The maximum atomic E-state index is 11.5. The van der Waals surface area contributed by atoms with E-state index in [1.807, 2.05) is 39.8 Å². The van der Waals surface area contributed by atoms with Gasteiger partial charge in [-0.3, -0.25) is 4.98 Å². The van der Waals surface area contributed by atoms with Gasteiger partial charge >= 0.3 is 6.09 Å². The van der Waals surface area contributed by atoms with Gasteiger partial charge in [0, 0.05) is 18.4 Å². The number of aromatic nitrogens is 1. The van der Waals surface area contributed by atoms with Crippen LogP contribution in [0.15, 0.2) is 24.5 Å². The van der Waals surface area contributed by atoms with E-state index in [1.54, 1.807) is 12.4 Å². The fourth-order valence-electron chi connectivity index (χ4n) is 1.43. The number of pyridine rings is 1. The molecule has 0 aliphatic carbocycles. The average molecular weight is 236 g/mol. The molecule has 1 aromatic rings. The minimum Gasteiger partial charge on any atom is -0.444 e. The molecule has 0 spiro atoms. The Labute approximate surface area is 102 Å². The van der Waals surface area contributed by atoms with Crippen molar-refractivity contribution in [3.63, 3.8) is 0 Å². The molecule has 1 aromatic heterocycles. The molecule has 4 nitrogen and oxygen atoms in total. The molecular weight excluding hydrogens is 216 g/mol. The van der Waals surface area contributed by atoms with Crippen LogP contribution >= 0.6 is 0 Å². The summed E-state index contributed by atoms with van der Waals surface area (Å²) in [5, 5.41) is 2.80. The molecule has 94 valence electrons. The molecule has 1 unspecified atom stereocenters. The summed E-state index contributed by atoms with van der Waals surface area (Å²) >= 11 is 0. The van der Waals surface area contributed by atoms with Crippen molar-refractivity contribution in [3.05, 3.63) is 30.1 Å². The zero-order valence-corrected chi connectivity index (χ0v) is 10.9. The van der Waals surface area contributed by atoms with Crippen LogP contribution in [-0.2, 0) is 11.2 Å². The number of nitrogens with zero attached hydrogens (tertiary/aromatic N) is 1. The van der Waals surface area contributed by atoms with Gasteiger partial charge in [0.25, 0.3) is 0 Å². The predicted molar refractivity (Wildman–Crippen MR) is 66.8 cm³/mol. The van der Waals surface area contributed by atoms with Gasteiger partial charge in [0.2, 0.25) is 0 Å². The summed E-state index contributed by atoms with van der Waals surface area (Å²) in [5.74, 6) is 0. The molecule has 1 rings (SSSR count). The lowest BCUT2D eigenvalue weighted by molar-refractivity contribution is 0.0508. The summed E-state index contributed by atoms with van der Waals surface area (Å²) in [6.45, 7) is 7.48. The van der Waals surface area contributed by atoms with Gasteiger partial charge in [0.05, 0.1) is 0 Å². The highest BCUT2D eigenvalue weighted by molar-refractivity contribution is 5.68. The molecular formula is C13H20N2O2. The third-order valence-corrected chi connectivity index (χ3v) is 2.03. The highest BCUT2D eigenvalue weighted by Crippen LogP contribution is 2.07. The van der Waals surface area contributed by atoms with E-state index in [9.17, 15) is 4.79 Å². The first-order valence-electron chi connectivity index (χ1n) is 5.75. The van der Waals surface area contributed by atoms with Gasteiger partial charge < -0.3 is 10.1 Å². The van der Waals surface area contributed by atoms with Crippen molar-refractivity contribution in [2.45, 2.75) is 45.8 Å². The number of amides is 1. The molecule has 0 fully saturated rings. The van der Waals surface area contributed by atoms with Gasteiger partial charge in [-0.1, -0.05) is 6.07 Å². The van der Waals surface area contributed by atoms with Gasteiger partial charge in [0.1, 0.15) is 5.60 Å². The summed E-state index contributed by atoms with van der Waals surface area (Å²) < 4.78 is 5.18. The van der Waals surface area contributed by atoms with Crippen LogP contribution in [0.2, 0.25) is 0 Å². The van der Waals surface area contributed by atoms with E-state index in [1.165, 1.54) is 0 Å². The quantitative estimate of drug-likeness (QED) is 0.877. The van der Waals surface area contributed by atoms with E-state index < -0.39 is 5.60 Å².